The van der Waals surface area contributed by atoms with Gasteiger partial charge in [0.05, 0.1) is 6.04 Å². The minimum absolute atomic E-state index is 0.0470. The lowest BCUT2D eigenvalue weighted by atomic mass is 10.2. The topological polar surface area (TPSA) is 71.1 Å². The number of hydrogen-bond donors (Lipinski definition) is 1. The van der Waals surface area contributed by atoms with Gasteiger partial charge in [-0.2, -0.15) is 0 Å². The van der Waals surface area contributed by atoms with E-state index in [0.29, 0.717) is 43.7 Å². The predicted molar refractivity (Wildman–Crippen MR) is 95.1 cm³/mol. The number of hydrogen-bond acceptors (Lipinski definition) is 5. The van der Waals surface area contributed by atoms with E-state index in [9.17, 15) is 9.59 Å². The van der Waals surface area contributed by atoms with Crippen molar-refractivity contribution in [1.29, 1.82) is 0 Å². The molecule has 4 rings (SSSR count). The third-order valence-electron chi connectivity index (χ3n) is 5.26. The Bertz CT molecular complexity index is 683. The number of piperazine rings is 1. The zero-order valence-corrected chi connectivity index (χ0v) is 15.0. The Hall–Kier alpha value is -2.28. The van der Waals surface area contributed by atoms with Crippen LogP contribution in [0.25, 0.3) is 0 Å². The molecule has 0 aromatic heterocycles. The van der Waals surface area contributed by atoms with E-state index in [4.69, 9.17) is 9.47 Å². The summed E-state index contributed by atoms with van der Waals surface area (Å²) in [7, 11) is 0. The van der Waals surface area contributed by atoms with Gasteiger partial charge >= 0.3 is 0 Å². The number of benzene rings is 1. The number of carbonyl (C=O) groups excluding carboxylic acids is 2. The van der Waals surface area contributed by atoms with Crippen LogP contribution in [0.1, 0.15) is 19.8 Å². The molecule has 1 saturated heterocycles. The Morgan fingerprint density at radius 2 is 1.81 bits per heavy atom. The third kappa shape index (κ3) is 3.62. The van der Waals surface area contributed by atoms with E-state index in [1.807, 2.05) is 36.1 Å². The molecule has 2 fully saturated rings. The summed E-state index contributed by atoms with van der Waals surface area (Å²) in [4.78, 5) is 28.9. The van der Waals surface area contributed by atoms with Gasteiger partial charge in [-0.05, 0) is 31.9 Å². The molecule has 2 heterocycles. The molecule has 1 saturated carbocycles. The number of ether oxygens (including phenoxy) is 2. The Morgan fingerprint density at radius 3 is 2.50 bits per heavy atom. The normalized spacial score (nSPS) is 24.0. The lowest BCUT2D eigenvalue weighted by Crippen LogP contribution is -2.57. The second-order valence-corrected chi connectivity index (χ2v) is 7.18. The van der Waals surface area contributed by atoms with Crippen LogP contribution in [0.5, 0.6) is 11.5 Å². The summed E-state index contributed by atoms with van der Waals surface area (Å²) in [5, 5.41) is 3.05. The molecule has 1 aromatic rings. The first-order chi connectivity index (χ1) is 12.6. The largest absolute Gasteiger partial charge is 0.485 e. The van der Waals surface area contributed by atoms with Gasteiger partial charge in [0.25, 0.3) is 5.91 Å². The van der Waals surface area contributed by atoms with Crippen LogP contribution in [0.15, 0.2) is 24.3 Å². The fourth-order valence-corrected chi connectivity index (χ4v) is 3.39. The second kappa shape index (κ2) is 7.15. The smallest absolute Gasteiger partial charge is 0.267 e. The van der Waals surface area contributed by atoms with Crippen LogP contribution in [0.4, 0.5) is 0 Å². The first-order valence-electron chi connectivity index (χ1n) is 9.33. The highest BCUT2D eigenvalue weighted by Crippen LogP contribution is 2.31. The Kier molecular flexibility index (Phi) is 4.72. The van der Waals surface area contributed by atoms with Gasteiger partial charge in [-0.3, -0.25) is 14.5 Å². The van der Waals surface area contributed by atoms with Crippen LogP contribution in [-0.4, -0.2) is 72.6 Å². The highest BCUT2D eigenvalue weighted by atomic mass is 16.6. The van der Waals surface area contributed by atoms with Crippen molar-refractivity contribution in [3.63, 3.8) is 0 Å². The van der Waals surface area contributed by atoms with Crippen molar-refractivity contribution in [1.82, 2.24) is 15.1 Å². The van der Waals surface area contributed by atoms with E-state index < -0.39 is 6.10 Å². The van der Waals surface area contributed by atoms with Crippen LogP contribution in [0.2, 0.25) is 0 Å². The van der Waals surface area contributed by atoms with Crippen molar-refractivity contribution in [2.75, 3.05) is 32.8 Å². The van der Waals surface area contributed by atoms with Gasteiger partial charge in [-0.15, -0.1) is 0 Å². The molecule has 1 aromatic carbocycles. The van der Waals surface area contributed by atoms with Crippen LogP contribution < -0.4 is 14.8 Å². The summed E-state index contributed by atoms with van der Waals surface area (Å²) < 4.78 is 11.5. The summed E-state index contributed by atoms with van der Waals surface area (Å²) >= 11 is 0. The minimum Gasteiger partial charge on any atom is -0.485 e. The van der Waals surface area contributed by atoms with Crippen molar-refractivity contribution in [3.8, 4) is 11.5 Å². The summed E-state index contributed by atoms with van der Waals surface area (Å²) in [5.74, 6) is 1.33. The Labute approximate surface area is 153 Å². The molecule has 7 heteroatoms. The van der Waals surface area contributed by atoms with E-state index in [0.717, 1.165) is 12.8 Å². The van der Waals surface area contributed by atoms with Crippen LogP contribution >= 0.6 is 0 Å². The summed E-state index contributed by atoms with van der Waals surface area (Å²) in [5.41, 5.74) is 0. The van der Waals surface area contributed by atoms with Crippen molar-refractivity contribution >= 4 is 11.8 Å². The molecule has 140 valence electrons. The molecule has 2 atom stereocenters. The van der Waals surface area contributed by atoms with Gasteiger partial charge in [0.1, 0.15) is 6.61 Å². The van der Waals surface area contributed by atoms with Crippen molar-refractivity contribution in [2.45, 2.75) is 38.0 Å². The highest BCUT2D eigenvalue weighted by molar-refractivity contribution is 5.83. The number of amides is 2. The quantitative estimate of drug-likeness (QED) is 0.854. The highest BCUT2D eigenvalue weighted by Gasteiger charge is 2.35. The summed E-state index contributed by atoms with van der Waals surface area (Å²) in [6, 6.07) is 7.61. The number of fused-ring (bicyclic) bond motifs is 1. The molecule has 1 N–H and O–H groups in total. The fraction of sp³-hybridized carbons (Fsp3) is 0.579. The lowest BCUT2D eigenvalue weighted by Gasteiger charge is -2.39. The standard InChI is InChI=1S/C19H25N3O4/c1-13(18(23)20-14-6-7-14)21-8-10-22(11-9-21)19(24)17-12-25-15-4-2-3-5-16(15)26-17/h2-5,13-14,17H,6-12H2,1H3,(H,20,23)/t13-,17+/m0/s1. The molecular formula is C19H25N3O4. The number of nitrogens with one attached hydrogen (secondary N) is 1. The SMILES string of the molecule is C[C@@H](C(=O)NC1CC1)N1CCN(C(=O)[C@H]2COc3ccccc3O2)CC1. The molecule has 0 radical (unpaired) electrons. The fourth-order valence-electron chi connectivity index (χ4n) is 3.39. The van der Waals surface area contributed by atoms with Crippen LogP contribution in [-0.2, 0) is 9.59 Å². The minimum atomic E-state index is -0.605. The third-order valence-corrected chi connectivity index (χ3v) is 5.26. The predicted octanol–water partition coefficient (Wildman–Crippen LogP) is 0.638. The number of nitrogens with zero attached hydrogens (tertiary/aromatic N) is 2. The average Bonchev–Trinajstić information content (AvgIpc) is 3.50. The maximum Gasteiger partial charge on any atom is 0.267 e. The zero-order valence-electron chi connectivity index (χ0n) is 15.0. The van der Waals surface area contributed by atoms with Gasteiger partial charge in [0.15, 0.2) is 11.5 Å². The van der Waals surface area contributed by atoms with Crippen LogP contribution in [0.3, 0.4) is 0 Å². The number of carbonyl (C=O) groups is 2. The van der Waals surface area contributed by atoms with Crippen LogP contribution in [0, 0.1) is 0 Å². The number of para-hydroxylation sites is 2. The summed E-state index contributed by atoms with van der Waals surface area (Å²) in [6.45, 7) is 4.74. The first-order valence-corrected chi connectivity index (χ1v) is 9.33. The maximum absolute atomic E-state index is 12.8. The maximum atomic E-state index is 12.8. The lowest BCUT2D eigenvalue weighted by molar-refractivity contribution is -0.143. The van der Waals surface area contributed by atoms with Gasteiger partial charge < -0.3 is 19.7 Å². The molecule has 0 spiro atoms. The molecular weight excluding hydrogens is 334 g/mol. The van der Waals surface area contributed by atoms with E-state index in [1.54, 1.807) is 0 Å². The Morgan fingerprint density at radius 1 is 1.12 bits per heavy atom. The molecule has 1 aliphatic carbocycles. The average molecular weight is 359 g/mol. The number of rotatable bonds is 4. The van der Waals surface area contributed by atoms with E-state index in [1.165, 1.54) is 0 Å². The molecule has 26 heavy (non-hydrogen) atoms. The molecule has 0 unspecified atom stereocenters. The molecule has 2 aliphatic heterocycles. The second-order valence-electron chi connectivity index (χ2n) is 7.18. The van der Waals surface area contributed by atoms with Gasteiger partial charge in [-0.25, -0.2) is 0 Å². The monoisotopic (exact) mass is 359 g/mol. The zero-order chi connectivity index (χ0) is 18.1. The molecule has 0 bridgehead atoms. The van der Waals surface area contributed by atoms with E-state index >= 15 is 0 Å². The van der Waals surface area contributed by atoms with Gasteiger partial charge in [-0.1, -0.05) is 12.1 Å². The van der Waals surface area contributed by atoms with Crippen molar-refractivity contribution in [2.24, 2.45) is 0 Å². The summed E-state index contributed by atoms with van der Waals surface area (Å²) in [6.07, 6.45) is 1.58. The van der Waals surface area contributed by atoms with Gasteiger partial charge in [0.2, 0.25) is 12.0 Å². The molecule has 3 aliphatic rings. The van der Waals surface area contributed by atoms with Crippen molar-refractivity contribution < 1.29 is 19.1 Å². The van der Waals surface area contributed by atoms with Crippen molar-refractivity contribution in [3.05, 3.63) is 24.3 Å². The molecule has 7 nitrogen and oxygen atoms in total. The van der Waals surface area contributed by atoms with Gasteiger partial charge in [0, 0.05) is 32.2 Å². The van der Waals surface area contributed by atoms with E-state index in [-0.39, 0.29) is 24.5 Å². The Balaban J connectivity index is 1.29. The molecule has 2 amide bonds. The first kappa shape index (κ1) is 17.1. The van der Waals surface area contributed by atoms with E-state index in [2.05, 4.69) is 10.2 Å².